The maximum Gasteiger partial charge on any atom is 0.242 e. The summed E-state index contributed by atoms with van der Waals surface area (Å²) in [6.07, 6.45) is 2.43. The number of aromatic nitrogens is 2. The summed E-state index contributed by atoms with van der Waals surface area (Å²) < 4.78 is 7.98. The Balaban J connectivity index is 0.994. The molecule has 64 heavy (non-hydrogen) atoms. The van der Waals surface area contributed by atoms with Gasteiger partial charge in [-0.1, -0.05) is 29.3 Å². The van der Waals surface area contributed by atoms with E-state index in [1.54, 1.807) is 71.6 Å². The summed E-state index contributed by atoms with van der Waals surface area (Å²) in [5.41, 5.74) is 4.37. The number of carbonyl (C=O) groups excluding carboxylic acids is 4. The summed E-state index contributed by atoms with van der Waals surface area (Å²) in [6.45, 7) is 3.82. The average molecular weight is 894 g/mol. The van der Waals surface area contributed by atoms with Gasteiger partial charge in [0.2, 0.25) is 23.6 Å². The van der Waals surface area contributed by atoms with Crippen molar-refractivity contribution in [2.75, 3.05) is 35.9 Å². The molecule has 324 valence electrons. The van der Waals surface area contributed by atoms with Crippen molar-refractivity contribution in [2.45, 2.75) is 32.6 Å². The van der Waals surface area contributed by atoms with Crippen LogP contribution >= 0.6 is 22.9 Å². The van der Waals surface area contributed by atoms with Gasteiger partial charge < -0.3 is 14.7 Å². The van der Waals surface area contributed by atoms with Crippen molar-refractivity contribution in [3.63, 3.8) is 0 Å². The molecular formula is C49H44ClN7O6S. The zero-order valence-electron chi connectivity index (χ0n) is 35.9. The second kappa shape index (κ2) is 15.3. The minimum atomic E-state index is -1.33. The fraction of sp³-hybridized carbons (Fsp3) is 0.286. The zero-order chi connectivity index (χ0) is 44.9. The second-order valence-electron chi connectivity index (χ2n) is 17.4. The SMILES string of the molecule is COc1ccc(C2C3=CCC4C(=O)N(c5ccc(N=Nc6ccc(N(C)C)cc6)cc5)C(=O)C4C3CC3C(=O)N(c4cc(-c5sc6ccc(Cl)cc6c5C)nn4C)C(=O)C32C)cc1O. The number of aryl methyl sites for hydroxylation is 2. The molecule has 2 aromatic heterocycles. The third-order valence-electron chi connectivity index (χ3n) is 13.8. The number of nitrogens with zero attached hydrogens (tertiary/aromatic N) is 7. The Bertz CT molecular complexity index is 3010. The molecule has 2 aliphatic heterocycles. The molecule has 4 heterocycles. The molecule has 6 atom stereocenters. The van der Waals surface area contributed by atoms with E-state index in [1.807, 2.05) is 81.4 Å². The van der Waals surface area contributed by atoms with Crippen LogP contribution in [0.25, 0.3) is 20.7 Å². The van der Waals surface area contributed by atoms with Crippen molar-refractivity contribution in [2.24, 2.45) is 46.4 Å². The summed E-state index contributed by atoms with van der Waals surface area (Å²) >= 11 is 7.91. The van der Waals surface area contributed by atoms with E-state index in [4.69, 9.17) is 21.4 Å². The minimum absolute atomic E-state index is 0.120. The van der Waals surface area contributed by atoms with Gasteiger partial charge in [0, 0.05) is 48.5 Å². The molecule has 1 saturated carbocycles. The normalized spacial score (nSPS) is 24.1. The molecule has 0 spiro atoms. The van der Waals surface area contributed by atoms with Crippen LogP contribution in [0.1, 0.15) is 36.8 Å². The first-order chi connectivity index (χ1) is 30.7. The van der Waals surface area contributed by atoms with Gasteiger partial charge in [-0.2, -0.15) is 15.3 Å². The number of benzene rings is 4. The van der Waals surface area contributed by atoms with E-state index >= 15 is 9.59 Å². The number of phenols is 1. The highest BCUT2D eigenvalue weighted by molar-refractivity contribution is 7.22. The summed E-state index contributed by atoms with van der Waals surface area (Å²) in [4.78, 5) is 64.7. The largest absolute Gasteiger partial charge is 0.504 e. The highest BCUT2D eigenvalue weighted by Gasteiger charge is 2.68. The average Bonchev–Trinajstić information content (AvgIpc) is 3.96. The summed E-state index contributed by atoms with van der Waals surface area (Å²) in [5.74, 6) is -4.61. The molecule has 6 aromatic rings. The fourth-order valence-corrected chi connectivity index (χ4v) is 11.9. The number of halogens is 1. The number of carbonyl (C=O) groups is 4. The number of anilines is 3. The standard InChI is InChI=1S/C49H44ClN7O6S/c1-25-34-22-27(50)8-20-40(34)64-44(25)37-24-41(55(5)53-37)57-46(60)36-23-35-32(43(49(36,2)48(57)62)26-7-19-39(63-6)38(58)21-26)17-18-33-42(35)47(61)56(45(33)59)31-15-11-29(12-16-31)52-51-28-9-13-30(14-10-28)54(3)4/h7-17,19-22,24,33,35-36,42-43,58H,18,23H2,1-6H3. The molecule has 4 amide bonds. The Hall–Kier alpha value is -6.64. The predicted molar refractivity (Wildman–Crippen MR) is 247 cm³/mol. The van der Waals surface area contributed by atoms with Crippen LogP contribution < -0.4 is 19.4 Å². The lowest BCUT2D eigenvalue weighted by molar-refractivity contribution is -0.131. The highest BCUT2D eigenvalue weighted by Crippen LogP contribution is 2.64. The molecule has 0 bridgehead atoms. The number of allylic oxidation sites excluding steroid dienone is 2. The fourth-order valence-electron chi connectivity index (χ4n) is 10.6. The van der Waals surface area contributed by atoms with Gasteiger partial charge in [0.15, 0.2) is 11.5 Å². The molecule has 1 N–H and O–H groups in total. The minimum Gasteiger partial charge on any atom is -0.504 e. The van der Waals surface area contributed by atoms with Crippen LogP contribution in [-0.4, -0.2) is 59.7 Å². The summed E-state index contributed by atoms with van der Waals surface area (Å²) in [7, 11) is 7.10. The summed E-state index contributed by atoms with van der Waals surface area (Å²) in [5, 5.41) is 26.3. The number of azo groups is 1. The van der Waals surface area contributed by atoms with Crippen LogP contribution in [-0.2, 0) is 26.2 Å². The molecule has 2 aliphatic carbocycles. The molecule has 3 fully saturated rings. The van der Waals surface area contributed by atoms with Crippen LogP contribution in [0.5, 0.6) is 11.5 Å². The molecule has 15 heteroatoms. The quantitative estimate of drug-likeness (QED) is 0.0902. The maximum absolute atomic E-state index is 15.2. The van der Waals surface area contributed by atoms with E-state index in [0.29, 0.717) is 39.2 Å². The van der Waals surface area contributed by atoms with Crippen LogP contribution in [0.3, 0.4) is 0 Å². The van der Waals surface area contributed by atoms with E-state index in [2.05, 4.69) is 10.2 Å². The number of phenolic OH excluding ortho intramolecular Hbond substituents is 1. The van der Waals surface area contributed by atoms with Gasteiger partial charge in [0.05, 0.1) is 52.2 Å². The number of hydrogen-bond acceptors (Lipinski definition) is 11. The van der Waals surface area contributed by atoms with E-state index < -0.39 is 46.8 Å². The number of fused-ring (bicyclic) bond motifs is 5. The molecule has 0 radical (unpaired) electrons. The number of hydrogen-bond donors (Lipinski definition) is 1. The van der Waals surface area contributed by atoms with Crippen LogP contribution in [0.2, 0.25) is 5.02 Å². The lowest BCUT2D eigenvalue weighted by Crippen LogP contribution is -2.48. The second-order valence-corrected chi connectivity index (χ2v) is 18.9. The van der Waals surface area contributed by atoms with Gasteiger partial charge in [-0.05, 0) is 128 Å². The highest BCUT2D eigenvalue weighted by atomic mass is 35.5. The van der Waals surface area contributed by atoms with Crippen LogP contribution in [0.15, 0.2) is 113 Å². The monoisotopic (exact) mass is 893 g/mol. The van der Waals surface area contributed by atoms with Crippen LogP contribution in [0.4, 0.5) is 28.6 Å². The zero-order valence-corrected chi connectivity index (χ0v) is 37.5. The number of rotatable bonds is 8. The molecule has 6 unspecified atom stereocenters. The van der Waals surface area contributed by atoms with E-state index in [1.165, 1.54) is 16.9 Å². The number of ether oxygens (including phenoxy) is 1. The number of aromatic hydroxyl groups is 1. The molecule has 4 aromatic carbocycles. The third-order valence-corrected chi connectivity index (χ3v) is 15.3. The lowest BCUT2D eigenvalue weighted by atomic mass is 9.51. The van der Waals surface area contributed by atoms with Crippen molar-refractivity contribution in [3.05, 3.63) is 119 Å². The Kier molecular flexibility index (Phi) is 9.87. The van der Waals surface area contributed by atoms with Gasteiger partial charge >= 0.3 is 0 Å². The number of thiophene rings is 1. The Morgan fingerprint density at radius 2 is 1.58 bits per heavy atom. The van der Waals surface area contributed by atoms with Gasteiger partial charge in [0.1, 0.15) is 11.5 Å². The molecule has 4 aliphatic rings. The van der Waals surface area contributed by atoms with Crippen molar-refractivity contribution >= 4 is 85.2 Å². The Morgan fingerprint density at radius 1 is 0.875 bits per heavy atom. The lowest BCUT2D eigenvalue weighted by Gasteiger charge is -2.49. The number of imide groups is 2. The smallest absolute Gasteiger partial charge is 0.242 e. The molecule has 2 saturated heterocycles. The van der Waals surface area contributed by atoms with Gasteiger partial charge in [-0.15, -0.1) is 11.3 Å². The van der Waals surface area contributed by atoms with Crippen molar-refractivity contribution in [1.29, 1.82) is 0 Å². The Morgan fingerprint density at radius 3 is 2.25 bits per heavy atom. The predicted octanol–water partition coefficient (Wildman–Crippen LogP) is 9.89. The first-order valence-corrected chi connectivity index (χ1v) is 22.2. The summed E-state index contributed by atoms with van der Waals surface area (Å²) in [6, 6.07) is 27.0. The van der Waals surface area contributed by atoms with Crippen molar-refractivity contribution in [3.8, 4) is 22.1 Å². The van der Waals surface area contributed by atoms with Gasteiger partial charge in [-0.25, -0.2) is 4.90 Å². The van der Waals surface area contributed by atoms with Crippen LogP contribution in [0, 0.1) is 36.0 Å². The molecular weight excluding hydrogens is 850 g/mol. The topological polar surface area (TPSA) is 150 Å². The first kappa shape index (κ1) is 41.4. The Labute approximate surface area is 378 Å². The third kappa shape index (κ3) is 6.28. The maximum atomic E-state index is 15.2. The van der Waals surface area contributed by atoms with Gasteiger partial charge in [0.25, 0.3) is 0 Å². The van der Waals surface area contributed by atoms with E-state index in [9.17, 15) is 14.7 Å². The molecule has 10 rings (SSSR count). The number of amides is 4. The van der Waals surface area contributed by atoms with E-state index in [0.717, 1.165) is 31.8 Å². The van der Waals surface area contributed by atoms with Gasteiger partial charge in [-0.3, -0.25) is 28.8 Å². The molecule has 13 nitrogen and oxygen atoms in total. The van der Waals surface area contributed by atoms with Crippen molar-refractivity contribution in [1.82, 2.24) is 9.78 Å². The van der Waals surface area contributed by atoms with E-state index in [-0.39, 0.29) is 36.2 Å². The first-order valence-electron chi connectivity index (χ1n) is 21.0. The number of methoxy groups -OCH3 is 1. The van der Waals surface area contributed by atoms with Crippen molar-refractivity contribution < 1.29 is 29.0 Å².